The highest BCUT2D eigenvalue weighted by atomic mass is 16.6. The van der Waals surface area contributed by atoms with Crippen molar-refractivity contribution < 1.29 is 28.6 Å². The molecule has 0 saturated carbocycles. The van der Waals surface area contributed by atoms with Crippen LogP contribution in [0.5, 0.6) is 0 Å². The molecule has 1 atom stereocenters. The molecule has 0 aliphatic carbocycles. The van der Waals surface area contributed by atoms with Crippen LogP contribution in [0.25, 0.3) is 0 Å². The summed E-state index contributed by atoms with van der Waals surface area (Å²) in [5.74, 6) is -0.0295. The lowest BCUT2D eigenvalue weighted by molar-refractivity contribution is -0.167. The van der Waals surface area contributed by atoms with Crippen LogP contribution in [-0.2, 0) is 28.6 Å². The van der Waals surface area contributed by atoms with Crippen LogP contribution in [0.1, 0.15) is 291 Å². The van der Waals surface area contributed by atoms with Crippen molar-refractivity contribution in [2.75, 3.05) is 13.2 Å². The van der Waals surface area contributed by atoms with Gasteiger partial charge in [-0.15, -0.1) is 0 Å². The van der Waals surface area contributed by atoms with Gasteiger partial charge in [0.15, 0.2) is 6.10 Å². The van der Waals surface area contributed by atoms with E-state index in [4.69, 9.17) is 14.2 Å². The van der Waals surface area contributed by atoms with Gasteiger partial charge in [0.05, 0.1) is 0 Å². The molecule has 0 bridgehead atoms. The molecule has 0 aromatic carbocycles. The first kappa shape index (κ1) is 56.4. The van der Waals surface area contributed by atoms with E-state index in [1.807, 2.05) is 0 Å². The molecule has 6 heteroatoms. The fourth-order valence-corrected chi connectivity index (χ4v) is 7.86. The highest BCUT2D eigenvalue weighted by Crippen LogP contribution is 2.17. The summed E-state index contributed by atoms with van der Waals surface area (Å²) in [5.41, 5.74) is 0. The van der Waals surface area contributed by atoms with Crippen molar-refractivity contribution in [3.8, 4) is 0 Å². The number of hydrogen-bond donors (Lipinski definition) is 0. The van der Waals surface area contributed by atoms with E-state index in [0.717, 1.165) is 63.7 Å². The summed E-state index contributed by atoms with van der Waals surface area (Å²) in [7, 11) is 0. The Balaban J connectivity index is 4.25. The zero-order valence-electron chi connectivity index (χ0n) is 39.5. The molecule has 0 aromatic rings. The molecule has 0 spiro atoms. The summed E-state index contributed by atoms with van der Waals surface area (Å²) in [5, 5.41) is 0. The van der Waals surface area contributed by atoms with E-state index in [1.54, 1.807) is 0 Å². The second-order valence-electron chi connectivity index (χ2n) is 18.3. The standard InChI is InChI=1S/C52H100O6/c1-5-7-9-11-13-15-16-17-18-19-20-21-22-23-29-33-37-41-45-52(55)58-49(46-56-50(53)43-39-35-31-26-14-12-10-8-6-2)47-57-51(54)44-40-36-32-28-25-24-27-30-34-38-42-48(3)4/h48-49H,5-47H2,1-4H3/t49-/m1/s1. The van der Waals surface area contributed by atoms with Gasteiger partial charge in [-0.25, -0.2) is 0 Å². The van der Waals surface area contributed by atoms with Crippen molar-refractivity contribution >= 4 is 17.9 Å². The zero-order valence-corrected chi connectivity index (χ0v) is 39.5. The molecular formula is C52H100O6. The molecule has 0 N–H and O–H groups in total. The van der Waals surface area contributed by atoms with Gasteiger partial charge >= 0.3 is 17.9 Å². The first-order valence-corrected chi connectivity index (χ1v) is 25.9. The third-order valence-corrected chi connectivity index (χ3v) is 11.8. The van der Waals surface area contributed by atoms with Crippen LogP contribution >= 0.6 is 0 Å². The Morgan fingerprint density at radius 1 is 0.328 bits per heavy atom. The second-order valence-corrected chi connectivity index (χ2v) is 18.3. The van der Waals surface area contributed by atoms with Crippen molar-refractivity contribution in [1.29, 1.82) is 0 Å². The van der Waals surface area contributed by atoms with Crippen LogP contribution < -0.4 is 0 Å². The summed E-state index contributed by atoms with van der Waals surface area (Å²) in [4.78, 5) is 37.8. The third kappa shape index (κ3) is 45.5. The van der Waals surface area contributed by atoms with Crippen LogP contribution in [0, 0.1) is 5.92 Å². The summed E-state index contributed by atoms with van der Waals surface area (Å²) in [6, 6.07) is 0. The van der Waals surface area contributed by atoms with Gasteiger partial charge in [0, 0.05) is 19.3 Å². The molecule has 6 nitrogen and oxygen atoms in total. The quantitative estimate of drug-likeness (QED) is 0.0346. The molecule has 344 valence electrons. The molecule has 0 aliphatic heterocycles. The maximum Gasteiger partial charge on any atom is 0.306 e. The smallest absolute Gasteiger partial charge is 0.306 e. The van der Waals surface area contributed by atoms with Crippen molar-refractivity contribution in [2.24, 2.45) is 5.92 Å². The molecule has 0 heterocycles. The largest absolute Gasteiger partial charge is 0.462 e. The SMILES string of the molecule is CCCCCCCCCCCCCCCCCCCCC(=O)O[C@H](COC(=O)CCCCCCCCCCC)COC(=O)CCCCCCCCCCCCC(C)C. The van der Waals surface area contributed by atoms with Gasteiger partial charge in [-0.2, -0.15) is 0 Å². The topological polar surface area (TPSA) is 78.9 Å². The van der Waals surface area contributed by atoms with Gasteiger partial charge in [0.1, 0.15) is 13.2 Å². The monoisotopic (exact) mass is 821 g/mol. The molecule has 0 unspecified atom stereocenters. The van der Waals surface area contributed by atoms with Gasteiger partial charge in [-0.1, -0.05) is 252 Å². The molecule has 0 fully saturated rings. The Morgan fingerprint density at radius 3 is 0.845 bits per heavy atom. The molecule has 0 rings (SSSR count). The maximum atomic E-state index is 12.8. The van der Waals surface area contributed by atoms with E-state index in [9.17, 15) is 14.4 Å². The predicted octanol–water partition coefficient (Wildman–Crippen LogP) is 16.7. The summed E-state index contributed by atoms with van der Waals surface area (Å²) in [6.45, 7) is 9.00. The zero-order chi connectivity index (χ0) is 42.4. The molecule has 0 saturated heterocycles. The summed E-state index contributed by atoms with van der Waals surface area (Å²) in [6.07, 6.45) is 48.1. The summed E-state index contributed by atoms with van der Waals surface area (Å²) >= 11 is 0. The number of esters is 3. The van der Waals surface area contributed by atoms with Crippen LogP contribution in [0.15, 0.2) is 0 Å². The predicted molar refractivity (Wildman–Crippen MR) is 247 cm³/mol. The lowest BCUT2D eigenvalue weighted by atomic mass is 10.0. The first-order chi connectivity index (χ1) is 28.4. The number of hydrogen-bond acceptors (Lipinski definition) is 6. The second kappa shape index (κ2) is 46.5. The van der Waals surface area contributed by atoms with E-state index in [-0.39, 0.29) is 31.1 Å². The minimum Gasteiger partial charge on any atom is -0.462 e. The number of ether oxygens (including phenoxy) is 3. The lowest BCUT2D eigenvalue weighted by Gasteiger charge is -2.18. The van der Waals surface area contributed by atoms with E-state index in [2.05, 4.69) is 27.7 Å². The average molecular weight is 821 g/mol. The van der Waals surface area contributed by atoms with Crippen molar-refractivity contribution in [1.82, 2.24) is 0 Å². The molecular weight excluding hydrogens is 721 g/mol. The highest BCUT2D eigenvalue weighted by molar-refractivity contribution is 5.71. The molecule has 0 aliphatic rings. The number of carbonyl (C=O) groups is 3. The van der Waals surface area contributed by atoms with E-state index in [1.165, 1.54) is 186 Å². The normalized spacial score (nSPS) is 11.9. The Bertz CT molecular complexity index is 872. The maximum absolute atomic E-state index is 12.8. The summed E-state index contributed by atoms with van der Waals surface area (Å²) < 4.78 is 16.8. The molecule has 58 heavy (non-hydrogen) atoms. The van der Waals surface area contributed by atoms with Crippen LogP contribution in [0.2, 0.25) is 0 Å². The number of rotatable bonds is 47. The van der Waals surface area contributed by atoms with Gasteiger partial charge < -0.3 is 14.2 Å². The Labute approximate surface area is 361 Å². The fourth-order valence-electron chi connectivity index (χ4n) is 7.86. The average Bonchev–Trinajstić information content (AvgIpc) is 3.21. The van der Waals surface area contributed by atoms with Gasteiger partial charge in [0.25, 0.3) is 0 Å². The third-order valence-electron chi connectivity index (χ3n) is 11.8. The van der Waals surface area contributed by atoms with E-state index >= 15 is 0 Å². The van der Waals surface area contributed by atoms with E-state index in [0.29, 0.717) is 19.3 Å². The highest BCUT2D eigenvalue weighted by Gasteiger charge is 2.19. The Hall–Kier alpha value is -1.59. The lowest BCUT2D eigenvalue weighted by Crippen LogP contribution is -2.30. The van der Waals surface area contributed by atoms with Gasteiger partial charge in [-0.3, -0.25) is 14.4 Å². The number of unbranched alkanes of at least 4 members (excludes halogenated alkanes) is 34. The van der Waals surface area contributed by atoms with Crippen molar-refractivity contribution in [3.05, 3.63) is 0 Å². The molecule has 0 aromatic heterocycles. The minimum atomic E-state index is -0.760. The molecule has 0 radical (unpaired) electrons. The van der Waals surface area contributed by atoms with Crippen LogP contribution in [0.3, 0.4) is 0 Å². The Kier molecular flexibility index (Phi) is 45.2. The van der Waals surface area contributed by atoms with E-state index < -0.39 is 6.10 Å². The van der Waals surface area contributed by atoms with Gasteiger partial charge in [0.2, 0.25) is 0 Å². The fraction of sp³-hybridized carbons (Fsp3) is 0.942. The van der Waals surface area contributed by atoms with Crippen molar-refractivity contribution in [2.45, 2.75) is 297 Å². The van der Waals surface area contributed by atoms with Crippen molar-refractivity contribution in [3.63, 3.8) is 0 Å². The molecule has 0 amide bonds. The first-order valence-electron chi connectivity index (χ1n) is 25.9. The number of carbonyl (C=O) groups excluding carboxylic acids is 3. The Morgan fingerprint density at radius 2 is 0.569 bits per heavy atom. The van der Waals surface area contributed by atoms with Crippen LogP contribution in [-0.4, -0.2) is 37.2 Å². The minimum absolute atomic E-state index is 0.0633. The van der Waals surface area contributed by atoms with Crippen LogP contribution in [0.4, 0.5) is 0 Å². The van der Waals surface area contributed by atoms with Gasteiger partial charge in [-0.05, 0) is 25.2 Å².